The lowest BCUT2D eigenvalue weighted by Gasteiger charge is -1.87. The Morgan fingerprint density at radius 2 is 0.812 bits per heavy atom. The van der Waals surface area contributed by atoms with Crippen LogP contribution in [0, 0.1) is 0 Å². The van der Waals surface area contributed by atoms with Crippen LogP contribution in [-0.2, 0) is 0 Å². The second-order valence-corrected chi connectivity index (χ2v) is 3.83. The van der Waals surface area contributed by atoms with E-state index in [-0.39, 0.29) is 11.5 Å². The largest absolute Gasteiger partial charge is 0.508 e. The van der Waals surface area contributed by atoms with E-state index in [0.29, 0.717) is 10.0 Å². The van der Waals surface area contributed by atoms with Gasteiger partial charge in [0.25, 0.3) is 0 Å². The second kappa shape index (κ2) is 6.26. The fourth-order valence-electron chi connectivity index (χ4n) is 0.882. The minimum absolute atomic E-state index is 0.245. The van der Waals surface area contributed by atoms with Crippen molar-refractivity contribution in [2.45, 2.75) is 0 Å². The van der Waals surface area contributed by atoms with Gasteiger partial charge in [0.05, 0.1) is 0 Å². The zero-order valence-corrected chi connectivity index (χ0v) is 9.78. The summed E-state index contributed by atoms with van der Waals surface area (Å²) in [6.07, 6.45) is 0. The maximum Gasteiger partial charge on any atom is 0.115 e. The lowest BCUT2D eigenvalue weighted by atomic mass is 10.3. The number of hydrogen-bond donors (Lipinski definition) is 2. The van der Waals surface area contributed by atoms with Crippen molar-refractivity contribution in [1.82, 2.24) is 0 Å². The zero-order chi connectivity index (χ0) is 12.0. The SMILES string of the molecule is Oc1ccc(Cl)cc1.Oc1ccc(Cl)cc1. The molecule has 0 heterocycles. The van der Waals surface area contributed by atoms with Gasteiger partial charge in [-0.15, -0.1) is 0 Å². The number of rotatable bonds is 0. The predicted molar refractivity (Wildman–Crippen MR) is 66.2 cm³/mol. The Kier molecular flexibility index (Phi) is 4.96. The molecule has 84 valence electrons. The molecule has 2 nitrogen and oxygen atoms in total. The molecular weight excluding hydrogens is 247 g/mol. The Morgan fingerprint density at radius 3 is 1.00 bits per heavy atom. The molecule has 0 amide bonds. The van der Waals surface area contributed by atoms with E-state index >= 15 is 0 Å². The molecule has 2 aromatic carbocycles. The van der Waals surface area contributed by atoms with Crippen molar-refractivity contribution >= 4 is 23.2 Å². The van der Waals surface area contributed by atoms with Crippen LogP contribution in [0.5, 0.6) is 11.5 Å². The lowest BCUT2D eigenvalue weighted by molar-refractivity contribution is 0.475. The molecule has 0 spiro atoms. The van der Waals surface area contributed by atoms with Crippen LogP contribution in [-0.4, -0.2) is 10.2 Å². The maximum atomic E-state index is 8.70. The van der Waals surface area contributed by atoms with Crippen molar-refractivity contribution in [1.29, 1.82) is 0 Å². The minimum atomic E-state index is 0.245. The van der Waals surface area contributed by atoms with Gasteiger partial charge in [0.1, 0.15) is 11.5 Å². The van der Waals surface area contributed by atoms with Crippen molar-refractivity contribution in [2.24, 2.45) is 0 Å². The summed E-state index contributed by atoms with van der Waals surface area (Å²) in [5, 5.41) is 18.7. The second-order valence-electron chi connectivity index (χ2n) is 2.95. The first-order valence-corrected chi connectivity index (χ1v) is 5.22. The molecule has 0 saturated carbocycles. The van der Waals surface area contributed by atoms with E-state index in [1.807, 2.05) is 0 Å². The Balaban J connectivity index is 0.000000160. The van der Waals surface area contributed by atoms with Crippen molar-refractivity contribution in [2.75, 3.05) is 0 Å². The van der Waals surface area contributed by atoms with E-state index in [1.165, 1.54) is 0 Å². The average molecular weight is 257 g/mol. The maximum absolute atomic E-state index is 8.70. The van der Waals surface area contributed by atoms with Gasteiger partial charge in [-0.3, -0.25) is 0 Å². The molecule has 0 radical (unpaired) electrons. The molecule has 0 aliphatic carbocycles. The summed E-state index contributed by atoms with van der Waals surface area (Å²) in [4.78, 5) is 0. The number of benzene rings is 2. The zero-order valence-electron chi connectivity index (χ0n) is 8.27. The van der Waals surface area contributed by atoms with E-state index < -0.39 is 0 Å². The topological polar surface area (TPSA) is 40.5 Å². The third kappa shape index (κ3) is 4.91. The molecule has 0 bridgehead atoms. The molecular formula is C12H10Cl2O2. The Bertz CT molecular complexity index is 338. The van der Waals surface area contributed by atoms with Crippen molar-refractivity contribution < 1.29 is 10.2 Å². The van der Waals surface area contributed by atoms with Crippen molar-refractivity contribution in [3.63, 3.8) is 0 Å². The highest BCUT2D eigenvalue weighted by molar-refractivity contribution is 6.30. The van der Waals surface area contributed by atoms with Crippen LogP contribution in [0.4, 0.5) is 0 Å². The van der Waals surface area contributed by atoms with Gasteiger partial charge in [-0.05, 0) is 48.5 Å². The van der Waals surface area contributed by atoms with Crippen LogP contribution >= 0.6 is 23.2 Å². The number of halogens is 2. The highest BCUT2D eigenvalue weighted by Gasteiger charge is 1.84. The fraction of sp³-hybridized carbons (Fsp3) is 0. The van der Waals surface area contributed by atoms with E-state index in [4.69, 9.17) is 33.4 Å². The van der Waals surface area contributed by atoms with Gasteiger partial charge in [-0.1, -0.05) is 23.2 Å². The number of aromatic hydroxyl groups is 2. The summed E-state index contributed by atoms with van der Waals surface area (Å²) >= 11 is 11.0. The van der Waals surface area contributed by atoms with Crippen molar-refractivity contribution in [3.8, 4) is 11.5 Å². The van der Waals surface area contributed by atoms with E-state index in [1.54, 1.807) is 48.5 Å². The molecule has 2 rings (SSSR count). The standard InChI is InChI=1S/2C6H5ClO/c2*7-5-1-3-6(8)4-2-5/h2*1-4,8H. The van der Waals surface area contributed by atoms with Gasteiger partial charge in [-0.2, -0.15) is 0 Å². The molecule has 0 aliphatic heterocycles. The molecule has 0 aromatic heterocycles. The first-order chi connectivity index (χ1) is 7.58. The highest BCUT2D eigenvalue weighted by atomic mass is 35.5. The minimum Gasteiger partial charge on any atom is -0.508 e. The summed E-state index contributed by atoms with van der Waals surface area (Å²) in [6, 6.07) is 12.7. The van der Waals surface area contributed by atoms with Gasteiger partial charge >= 0.3 is 0 Å². The number of phenolic OH excluding ortho intramolecular Hbond substituents is 2. The predicted octanol–water partition coefficient (Wildman–Crippen LogP) is 4.09. The quantitative estimate of drug-likeness (QED) is 0.746. The van der Waals surface area contributed by atoms with Gasteiger partial charge in [0.15, 0.2) is 0 Å². The van der Waals surface area contributed by atoms with Crippen LogP contribution in [0.1, 0.15) is 0 Å². The molecule has 0 aliphatic rings. The first-order valence-electron chi connectivity index (χ1n) is 4.47. The van der Waals surface area contributed by atoms with E-state index in [9.17, 15) is 0 Å². The summed E-state index contributed by atoms with van der Waals surface area (Å²) in [7, 11) is 0. The number of phenols is 2. The Labute approximate surface area is 104 Å². The lowest BCUT2D eigenvalue weighted by Crippen LogP contribution is -1.61. The van der Waals surface area contributed by atoms with Gasteiger partial charge < -0.3 is 10.2 Å². The van der Waals surface area contributed by atoms with Crippen LogP contribution in [0.15, 0.2) is 48.5 Å². The first kappa shape index (κ1) is 12.7. The van der Waals surface area contributed by atoms with Gasteiger partial charge in [0.2, 0.25) is 0 Å². The average Bonchev–Trinajstić information content (AvgIpc) is 2.28. The van der Waals surface area contributed by atoms with Crippen molar-refractivity contribution in [3.05, 3.63) is 58.6 Å². The number of hydrogen-bond acceptors (Lipinski definition) is 2. The van der Waals surface area contributed by atoms with Gasteiger partial charge in [0, 0.05) is 10.0 Å². The fourth-order valence-corrected chi connectivity index (χ4v) is 1.13. The summed E-state index contributed by atoms with van der Waals surface area (Å²) in [6.45, 7) is 0. The molecule has 0 unspecified atom stereocenters. The third-order valence-electron chi connectivity index (χ3n) is 1.65. The van der Waals surface area contributed by atoms with Crippen LogP contribution in [0.3, 0.4) is 0 Å². The van der Waals surface area contributed by atoms with Gasteiger partial charge in [-0.25, -0.2) is 0 Å². The monoisotopic (exact) mass is 256 g/mol. The van der Waals surface area contributed by atoms with Crippen LogP contribution < -0.4 is 0 Å². The Morgan fingerprint density at radius 1 is 0.562 bits per heavy atom. The summed E-state index contributed by atoms with van der Waals surface area (Å²) < 4.78 is 0. The molecule has 4 heteroatoms. The Hall–Kier alpha value is -1.38. The molecule has 0 atom stereocenters. The molecule has 2 N–H and O–H groups in total. The van der Waals surface area contributed by atoms with E-state index in [0.717, 1.165) is 0 Å². The normalized spacial score (nSPS) is 9.12. The van der Waals surface area contributed by atoms with Crippen LogP contribution in [0.25, 0.3) is 0 Å². The summed E-state index contributed by atoms with van der Waals surface area (Å²) in [5.74, 6) is 0.490. The third-order valence-corrected chi connectivity index (χ3v) is 2.16. The summed E-state index contributed by atoms with van der Waals surface area (Å²) in [5.41, 5.74) is 0. The molecule has 2 aromatic rings. The highest BCUT2D eigenvalue weighted by Crippen LogP contribution is 2.13. The van der Waals surface area contributed by atoms with Crippen LogP contribution in [0.2, 0.25) is 10.0 Å². The smallest absolute Gasteiger partial charge is 0.115 e. The van der Waals surface area contributed by atoms with E-state index in [2.05, 4.69) is 0 Å². The molecule has 0 fully saturated rings. The molecule has 16 heavy (non-hydrogen) atoms. The molecule has 0 saturated heterocycles.